The molecule has 0 spiro atoms. The van der Waals surface area contributed by atoms with Crippen LogP contribution in [0.25, 0.3) is 0 Å². The fourth-order valence-electron chi connectivity index (χ4n) is 1.94. The standard InChI is InChI=1S/C15H17ClN2O6S/c1-10-7-12(24-17-10)9-15(19)18-25(20,21)14-8-11(16)3-4-13(14)23-6-5-22-2/h3-4,7-8H,5-6,9H2,1-2H3,(H,18,19). The first-order valence-corrected chi connectivity index (χ1v) is 9.07. The van der Waals surface area contributed by atoms with Crippen molar-refractivity contribution >= 4 is 27.5 Å². The lowest BCUT2D eigenvalue weighted by Gasteiger charge is -2.12. The second kappa shape index (κ2) is 8.32. The molecule has 25 heavy (non-hydrogen) atoms. The van der Waals surface area contributed by atoms with Gasteiger partial charge < -0.3 is 14.0 Å². The molecule has 0 radical (unpaired) electrons. The third-order valence-electron chi connectivity index (χ3n) is 3.00. The van der Waals surface area contributed by atoms with Crippen molar-refractivity contribution in [3.8, 4) is 5.75 Å². The topological polar surface area (TPSA) is 108 Å². The van der Waals surface area contributed by atoms with Gasteiger partial charge in [-0.3, -0.25) is 4.79 Å². The maximum absolute atomic E-state index is 12.5. The number of carbonyl (C=O) groups is 1. The minimum Gasteiger partial charge on any atom is -0.490 e. The van der Waals surface area contributed by atoms with E-state index < -0.39 is 15.9 Å². The van der Waals surface area contributed by atoms with E-state index in [2.05, 4.69) is 5.16 Å². The Bertz CT molecular complexity index is 849. The van der Waals surface area contributed by atoms with Gasteiger partial charge in [0.2, 0.25) is 5.91 Å². The van der Waals surface area contributed by atoms with Crippen molar-refractivity contribution in [3.05, 3.63) is 40.7 Å². The predicted molar refractivity (Wildman–Crippen MR) is 89.1 cm³/mol. The van der Waals surface area contributed by atoms with Crippen LogP contribution in [0.5, 0.6) is 5.75 Å². The number of hydrogen-bond acceptors (Lipinski definition) is 7. The third-order valence-corrected chi connectivity index (χ3v) is 4.63. The fourth-order valence-corrected chi connectivity index (χ4v) is 3.34. The van der Waals surface area contributed by atoms with Crippen molar-refractivity contribution in [3.63, 3.8) is 0 Å². The monoisotopic (exact) mass is 388 g/mol. The first kappa shape index (κ1) is 19.2. The van der Waals surface area contributed by atoms with Crippen LogP contribution in [0.15, 0.2) is 33.7 Å². The SMILES string of the molecule is COCCOc1ccc(Cl)cc1S(=O)(=O)NC(=O)Cc1cc(C)no1. The van der Waals surface area contributed by atoms with Gasteiger partial charge in [0.05, 0.1) is 18.7 Å². The molecule has 1 N–H and O–H groups in total. The first-order valence-electron chi connectivity index (χ1n) is 7.21. The number of aromatic nitrogens is 1. The van der Waals surface area contributed by atoms with Crippen molar-refractivity contribution in [1.29, 1.82) is 0 Å². The summed E-state index contributed by atoms with van der Waals surface area (Å²) >= 11 is 5.87. The second-order valence-electron chi connectivity index (χ2n) is 5.07. The van der Waals surface area contributed by atoms with Crippen molar-refractivity contribution in [2.45, 2.75) is 18.2 Å². The quantitative estimate of drug-likeness (QED) is 0.686. The molecule has 136 valence electrons. The Hall–Kier alpha value is -2.10. The molecule has 2 aromatic rings. The van der Waals surface area contributed by atoms with Gasteiger partial charge in [0, 0.05) is 18.2 Å². The molecule has 1 aromatic heterocycles. The number of ether oxygens (including phenoxy) is 2. The zero-order chi connectivity index (χ0) is 18.4. The molecule has 0 aliphatic rings. The number of benzene rings is 1. The third kappa shape index (κ3) is 5.45. The molecular formula is C15H17ClN2O6S. The maximum atomic E-state index is 12.5. The molecule has 0 saturated heterocycles. The maximum Gasteiger partial charge on any atom is 0.267 e. The van der Waals surface area contributed by atoms with Gasteiger partial charge in [0.25, 0.3) is 10.0 Å². The Balaban J connectivity index is 2.17. The Morgan fingerprint density at radius 1 is 1.32 bits per heavy atom. The predicted octanol–water partition coefficient (Wildman–Crippen LogP) is 1.71. The summed E-state index contributed by atoms with van der Waals surface area (Å²) in [5.41, 5.74) is 0.592. The highest BCUT2D eigenvalue weighted by atomic mass is 35.5. The van der Waals surface area contributed by atoms with Gasteiger partial charge in [-0.25, -0.2) is 13.1 Å². The molecule has 0 fully saturated rings. The van der Waals surface area contributed by atoms with Gasteiger partial charge in [0.1, 0.15) is 23.0 Å². The highest BCUT2D eigenvalue weighted by Crippen LogP contribution is 2.27. The smallest absolute Gasteiger partial charge is 0.267 e. The van der Waals surface area contributed by atoms with Crippen molar-refractivity contribution in [2.75, 3.05) is 20.3 Å². The summed E-state index contributed by atoms with van der Waals surface area (Å²) in [5.74, 6) is -0.441. The average Bonchev–Trinajstić information content (AvgIpc) is 2.93. The number of nitrogens with zero attached hydrogens (tertiary/aromatic N) is 1. The van der Waals surface area contributed by atoms with Crippen LogP contribution in [-0.4, -0.2) is 39.8 Å². The van der Waals surface area contributed by atoms with Crippen molar-refractivity contribution < 1.29 is 27.2 Å². The van der Waals surface area contributed by atoms with E-state index in [0.717, 1.165) is 0 Å². The van der Waals surface area contributed by atoms with E-state index in [1.807, 2.05) is 4.72 Å². The van der Waals surface area contributed by atoms with Crippen LogP contribution < -0.4 is 9.46 Å². The molecule has 0 unspecified atom stereocenters. The molecule has 0 bridgehead atoms. The summed E-state index contributed by atoms with van der Waals surface area (Å²) in [5, 5.41) is 3.83. The van der Waals surface area contributed by atoms with Crippen molar-refractivity contribution in [1.82, 2.24) is 9.88 Å². The van der Waals surface area contributed by atoms with Crippen LogP contribution in [0, 0.1) is 6.92 Å². The Morgan fingerprint density at radius 3 is 2.72 bits per heavy atom. The molecule has 0 atom stereocenters. The Labute approximate surface area is 150 Å². The molecular weight excluding hydrogens is 372 g/mol. The molecule has 2 rings (SSSR count). The Morgan fingerprint density at radius 2 is 2.08 bits per heavy atom. The van der Waals surface area contributed by atoms with Crippen LogP contribution in [-0.2, 0) is 26.0 Å². The number of halogens is 1. The number of rotatable bonds is 8. The summed E-state index contributed by atoms with van der Waals surface area (Å²) in [6.45, 7) is 2.11. The molecule has 1 aromatic carbocycles. The minimum atomic E-state index is -4.17. The van der Waals surface area contributed by atoms with E-state index in [-0.39, 0.29) is 41.1 Å². The lowest BCUT2D eigenvalue weighted by atomic mass is 10.3. The number of methoxy groups -OCH3 is 1. The highest BCUT2D eigenvalue weighted by Gasteiger charge is 2.23. The van der Waals surface area contributed by atoms with Gasteiger partial charge in [-0.15, -0.1) is 0 Å². The van der Waals surface area contributed by atoms with Crippen LogP contribution in [0.2, 0.25) is 5.02 Å². The van der Waals surface area contributed by atoms with Crippen LogP contribution in [0.3, 0.4) is 0 Å². The lowest BCUT2D eigenvalue weighted by molar-refractivity contribution is -0.119. The molecule has 10 heteroatoms. The molecule has 1 amide bonds. The summed E-state index contributed by atoms with van der Waals surface area (Å²) in [7, 11) is -2.68. The highest BCUT2D eigenvalue weighted by molar-refractivity contribution is 7.90. The molecule has 0 aliphatic carbocycles. The lowest BCUT2D eigenvalue weighted by Crippen LogP contribution is -2.32. The summed E-state index contributed by atoms with van der Waals surface area (Å²) in [6, 6.07) is 5.65. The van der Waals surface area contributed by atoms with Crippen molar-refractivity contribution in [2.24, 2.45) is 0 Å². The number of amides is 1. The van der Waals surface area contributed by atoms with E-state index in [1.54, 1.807) is 13.0 Å². The van der Waals surface area contributed by atoms with Gasteiger partial charge in [0.15, 0.2) is 0 Å². The number of sulfonamides is 1. The number of carbonyl (C=O) groups excluding carboxylic acids is 1. The van der Waals surface area contributed by atoms with Crippen LogP contribution in [0.1, 0.15) is 11.5 Å². The molecule has 0 aliphatic heterocycles. The zero-order valence-electron chi connectivity index (χ0n) is 13.6. The van der Waals surface area contributed by atoms with Gasteiger partial charge in [-0.05, 0) is 25.1 Å². The Kier molecular flexibility index (Phi) is 6.40. The molecule has 8 nitrogen and oxygen atoms in total. The van der Waals surface area contributed by atoms with Crippen LogP contribution >= 0.6 is 11.6 Å². The largest absolute Gasteiger partial charge is 0.490 e. The number of aryl methyl sites for hydroxylation is 1. The summed E-state index contributed by atoms with van der Waals surface area (Å²) in [4.78, 5) is 11.8. The summed E-state index contributed by atoms with van der Waals surface area (Å²) in [6.07, 6.45) is -0.263. The van der Waals surface area contributed by atoms with Gasteiger partial charge in [-0.1, -0.05) is 16.8 Å². The minimum absolute atomic E-state index is 0.0669. The van der Waals surface area contributed by atoms with E-state index >= 15 is 0 Å². The zero-order valence-corrected chi connectivity index (χ0v) is 15.2. The van der Waals surface area contributed by atoms with Crippen LogP contribution in [0.4, 0.5) is 0 Å². The van der Waals surface area contributed by atoms with Gasteiger partial charge >= 0.3 is 0 Å². The fraction of sp³-hybridized carbons (Fsp3) is 0.333. The molecule has 0 saturated carbocycles. The first-order chi connectivity index (χ1) is 11.8. The van der Waals surface area contributed by atoms with E-state index in [4.69, 9.17) is 25.6 Å². The second-order valence-corrected chi connectivity index (χ2v) is 7.16. The number of hydrogen-bond donors (Lipinski definition) is 1. The average molecular weight is 389 g/mol. The normalized spacial score (nSPS) is 11.3. The number of nitrogens with one attached hydrogen (secondary N) is 1. The van der Waals surface area contributed by atoms with E-state index in [9.17, 15) is 13.2 Å². The molecule has 1 heterocycles. The van der Waals surface area contributed by atoms with E-state index in [1.165, 1.54) is 25.3 Å². The van der Waals surface area contributed by atoms with Gasteiger partial charge in [-0.2, -0.15) is 0 Å². The van der Waals surface area contributed by atoms with E-state index in [0.29, 0.717) is 5.69 Å². The summed E-state index contributed by atoms with van der Waals surface area (Å²) < 4.78 is 42.1.